The van der Waals surface area contributed by atoms with Gasteiger partial charge in [0.15, 0.2) is 0 Å². The average Bonchev–Trinajstić information content (AvgIpc) is 3.23. The zero-order valence-corrected chi connectivity index (χ0v) is 18.4. The SMILES string of the molecule is COc1ccc(NC(=O)N2CCc3c([nH]c4ccccc34)[C@@H]2c2ccc(F)cc2)c(OC)c1. The molecule has 168 valence electrons. The van der Waals surface area contributed by atoms with Crippen molar-refractivity contribution in [3.63, 3.8) is 0 Å². The van der Waals surface area contributed by atoms with Crippen molar-refractivity contribution in [3.8, 4) is 11.5 Å². The number of ether oxygens (including phenoxy) is 2. The van der Waals surface area contributed by atoms with Gasteiger partial charge in [0.1, 0.15) is 17.3 Å². The van der Waals surface area contributed by atoms with Gasteiger partial charge in [-0.1, -0.05) is 30.3 Å². The van der Waals surface area contributed by atoms with Crippen LogP contribution in [0.15, 0.2) is 66.7 Å². The Kier molecular flexibility index (Phi) is 5.38. The van der Waals surface area contributed by atoms with E-state index in [-0.39, 0.29) is 17.9 Å². The molecule has 33 heavy (non-hydrogen) atoms. The highest BCUT2D eigenvalue weighted by atomic mass is 19.1. The van der Waals surface area contributed by atoms with Crippen molar-refractivity contribution < 1.29 is 18.7 Å². The first-order chi connectivity index (χ1) is 16.1. The number of aromatic nitrogens is 1. The van der Waals surface area contributed by atoms with E-state index in [1.807, 2.05) is 18.2 Å². The number of H-pyrrole nitrogens is 1. The van der Waals surface area contributed by atoms with Gasteiger partial charge in [0.05, 0.1) is 25.9 Å². The van der Waals surface area contributed by atoms with E-state index in [0.717, 1.165) is 22.2 Å². The Labute approximate surface area is 190 Å². The third-order valence-corrected chi connectivity index (χ3v) is 6.13. The van der Waals surface area contributed by atoms with Gasteiger partial charge < -0.3 is 24.7 Å². The third-order valence-electron chi connectivity index (χ3n) is 6.13. The van der Waals surface area contributed by atoms with Crippen molar-refractivity contribution in [2.45, 2.75) is 12.5 Å². The summed E-state index contributed by atoms with van der Waals surface area (Å²) >= 11 is 0. The molecule has 1 aliphatic rings. The van der Waals surface area contributed by atoms with Gasteiger partial charge in [-0.2, -0.15) is 0 Å². The van der Waals surface area contributed by atoms with Crippen molar-refractivity contribution in [2.75, 3.05) is 26.1 Å². The van der Waals surface area contributed by atoms with Crippen molar-refractivity contribution in [3.05, 3.63) is 89.4 Å². The molecule has 0 aliphatic carbocycles. The van der Waals surface area contributed by atoms with Crippen LogP contribution in [-0.2, 0) is 6.42 Å². The number of hydrogen-bond acceptors (Lipinski definition) is 3. The molecule has 0 spiro atoms. The van der Waals surface area contributed by atoms with Gasteiger partial charge in [0.2, 0.25) is 0 Å². The minimum Gasteiger partial charge on any atom is -0.497 e. The highest BCUT2D eigenvalue weighted by Gasteiger charge is 2.34. The quantitative estimate of drug-likeness (QED) is 0.436. The van der Waals surface area contributed by atoms with E-state index in [4.69, 9.17) is 9.47 Å². The molecule has 0 saturated carbocycles. The normalized spacial score (nSPS) is 15.2. The summed E-state index contributed by atoms with van der Waals surface area (Å²) in [6, 6.07) is 19.0. The molecule has 6 nitrogen and oxygen atoms in total. The second kappa shape index (κ2) is 8.50. The van der Waals surface area contributed by atoms with E-state index in [1.165, 1.54) is 17.7 Å². The molecule has 0 saturated heterocycles. The maximum Gasteiger partial charge on any atom is 0.322 e. The topological polar surface area (TPSA) is 66.6 Å². The number of methoxy groups -OCH3 is 2. The number of nitrogens with zero attached hydrogens (tertiary/aromatic N) is 1. The van der Waals surface area contributed by atoms with Crippen LogP contribution in [0.5, 0.6) is 11.5 Å². The summed E-state index contributed by atoms with van der Waals surface area (Å²) in [7, 11) is 3.12. The lowest BCUT2D eigenvalue weighted by atomic mass is 9.92. The Morgan fingerprint density at radius 3 is 2.61 bits per heavy atom. The number of hydrogen-bond donors (Lipinski definition) is 2. The summed E-state index contributed by atoms with van der Waals surface area (Å²) in [6.45, 7) is 0.515. The van der Waals surface area contributed by atoms with Crippen molar-refractivity contribution in [2.24, 2.45) is 0 Å². The van der Waals surface area contributed by atoms with E-state index in [2.05, 4.69) is 16.4 Å². The van der Waals surface area contributed by atoms with Gasteiger partial charge in [0.25, 0.3) is 0 Å². The number of aromatic amines is 1. The van der Waals surface area contributed by atoms with E-state index in [9.17, 15) is 9.18 Å². The van der Waals surface area contributed by atoms with Crippen LogP contribution in [0.2, 0.25) is 0 Å². The molecule has 0 unspecified atom stereocenters. The number of halogens is 1. The van der Waals surface area contributed by atoms with Gasteiger partial charge in [-0.05, 0) is 47.9 Å². The second-order valence-corrected chi connectivity index (χ2v) is 7.96. The maximum absolute atomic E-state index is 13.7. The van der Waals surface area contributed by atoms with Gasteiger partial charge in [-0.3, -0.25) is 0 Å². The van der Waals surface area contributed by atoms with Crippen LogP contribution in [0, 0.1) is 5.82 Å². The van der Waals surface area contributed by atoms with Crippen LogP contribution < -0.4 is 14.8 Å². The lowest BCUT2D eigenvalue weighted by Gasteiger charge is -2.36. The Hall–Kier alpha value is -4.00. The monoisotopic (exact) mass is 445 g/mol. The molecule has 0 bridgehead atoms. The highest BCUT2D eigenvalue weighted by molar-refractivity contribution is 5.93. The molecule has 1 aromatic heterocycles. The van der Waals surface area contributed by atoms with Gasteiger partial charge in [0, 0.05) is 29.2 Å². The molecule has 4 aromatic rings. The molecular weight excluding hydrogens is 421 g/mol. The number of carbonyl (C=O) groups excluding carboxylic acids is 1. The molecule has 0 fully saturated rings. The number of fused-ring (bicyclic) bond motifs is 3. The van der Waals surface area contributed by atoms with Crippen LogP contribution in [-0.4, -0.2) is 36.7 Å². The van der Waals surface area contributed by atoms with Crippen molar-refractivity contribution >= 4 is 22.6 Å². The van der Waals surface area contributed by atoms with Crippen LogP contribution in [0.25, 0.3) is 10.9 Å². The fraction of sp³-hybridized carbons (Fsp3) is 0.192. The van der Waals surface area contributed by atoms with Crippen LogP contribution in [0.3, 0.4) is 0 Å². The Morgan fingerprint density at radius 2 is 1.85 bits per heavy atom. The summed E-state index contributed by atoms with van der Waals surface area (Å²) in [5.74, 6) is 0.824. The summed E-state index contributed by atoms with van der Waals surface area (Å²) in [5.41, 5.74) is 4.54. The third kappa shape index (κ3) is 3.75. The zero-order valence-electron chi connectivity index (χ0n) is 18.4. The predicted octanol–water partition coefficient (Wildman–Crippen LogP) is 5.50. The standard InChI is InChI=1S/C26H24FN3O3/c1-32-18-11-12-22(23(15-18)33-2)29-26(31)30-14-13-20-19-5-3-4-6-21(19)28-24(20)25(30)16-7-9-17(27)10-8-16/h3-12,15,25,28H,13-14H2,1-2H3,(H,29,31)/t25-/m0/s1. The number of carbonyl (C=O) groups is 1. The smallest absolute Gasteiger partial charge is 0.322 e. The number of rotatable bonds is 4. The average molecular weight is 445 g/mol. The molecule has 2 N–H and O–H groups in total. The zero-order chi connectivity index (χ0) is 22.9. The van der Waals surface area contributed by atoms with Crippen molar-refractivity contribution in [1.29, 1.82) is 0 Å². The Balaban J connectivity index is 1.55. The summed E-state index contributed by atoms with van der Waals surface area (Å²) in [4.78, 5) is 18.8. The summed E-state index contributed by atoms with van der Waals surface area (Å²) in [6.07, 6.45) is 0.713. The molecule has 1 aliphatic heterocycles. The van der Waals surface area contributed by atoms with E-state index in [0.29, 0.717) is 30.2 Å². The number of para-hydroxylation sites is 1. The van der Waals surface area contributed by atoms with Crippen LogP contribution in [0.4, 0.5) is 14.9 Å². The van der Waals surface area contributed by atoms with Gasteiger partial charge in [-0.15, -0.1) is 0 Å². The summed E-state index contributed by atoms with van der Waals surface area (Å²) < 4.78 is 24.4. The minimum absolute atomic E-state index is 0.267. The molecule has 3 aromatic carbocycles. The molecule has 2 heterocycles. The van der Waals surface area contributed by atoms with Gasteiger partial charge >= 0.3 is 6.03 Å². The van der Waals surface area contributed by atoms with Gasteiger partial charge in [-0.25, -0.2) is 9.18 Å². The molecule has 0 radical (unpaired) electrons. The predicted molar refractivity (Wildman–Crippen MR) is 126 cm³/mol. The molecule has 5 rings (SSSR count). The number of nitrogens with one attached hydrogen (secondary N) is 2. The lowest BCUT2D eigenvalue weighted by Crippen LogP contribution is -2.43. The van der Waals surface area contributed by atoms with Crippen LogP contribution >= 0.6 is 0 Å². The maximum atomic E-state index is 13.7. The molecule has 1 atom stereocenters. The van der Waals surface area contributed by atoms with Crippen LogP contribution in [0.1, 0.15) is 22.9 Å². The largest absolute Gasteiger partial charge is 0.497 e. The molecular formula is C26H24FN3O3. The van der Waals surface area contributed by atoms with E-state index < -0.39 is 0 Å². The second-order valence-electron chi connectivity index (χ2n) is 7.96. The van der Waals surface area contributed by atoms with Crippen molar-refractivity contribution in [1.82, 2.24) is 9.88 Å². The highest BCUT2D eigenvalue weighted by Crippen LogP contribution is 2.39. The number of anilines is 1. The number of amides is 2. The fourth-order valence-electron chi connectivity index (χ4n) is 4.54. The Bertz CT molecular complexity index is 1320. The van der Waals surface area contributed by atoms with E-state index in [1.54, 1.807) is 49.5 Å². The first-order valence-corrected chi connectivity index (χ1v) is 10.7. The van der Waals surface area contributed by atoms with E-state index >= 15 is 0 Å². The number of benzene rings is 3. The Morgan fingerprint density at radius 1 is 1.06 bits per heavy atom. The minimum atomic E-state index is -0.383. The summed E-state index contributed by atoms with van der Waals surface area (Å²) in [5, 5.41) is 4.13. The first-order valence-electron chi connectivity index (χ1n) is 10.7. The molecule has 2 amide bonds. The fourth-order valence-corrected chi connectivity index (χ4v) is 4.54. The molecule has 7 heteroatoms. The lowest BCUT2D eigenvalue weighted by molar-refractivity contribution is 0.193. The number of urea groups is 1. The first kappa shape index (κ1) is 20.9.